The number of aryl methyl sites for hydroxylation is 2. The number of halogens is 1. The summed E-state index contributed by atoms with van der Waals surface area (Å²) in [5, 5.41) is 9.96. The van der Waals surface area contributed by atoms with Gasteiger partial charge in [0.1, 0.15) is 17.3 Å². The number of ether oxygens (including phenoxy) is 1. The monoisotopic (exact) mass is 451 g/mol. The molecule has 5 rings (SSSR count). The molecule has 8 heteroatoms. The molecule has 0 radical (unpaired) electrons. The van der Waals surface area contributed by atoms with Crippen LogP contribution in [0.2, 0.25) is 0 Å². The van der Waals surface area contributed by atoms with Gasteiger partial charge in [-0.15, -0.1) is 0 Å². The Morgan fingerprint density at radius 1 is 1.09 bits per heavy atom. The summed E-state index contributed by atoms with van der Waals surface area (Å²) < 4.78 is 23.3. The maximum absolute atomic E-state index is 14.3. The number of fused-ring (bicyclic) bond motifs is 2. The van der Waals surface area contributed by atoms with Crippen molar-refractivity contribution < 1.29 is 9.13 Å². The van der Waals surface area contributed by atoms with Crippen LogP contribution < -0.4 is 10.3 Å². The molecule has 0 aliphatic heterocycles. The molecule has 0 aliphatic carbocycles. The summed E-state index contributed by atoms with van der Waals surface area (Å²) in [6.45, 7) is 1.81. The molecule has 0 amide bonds. The predicted molar refractivity (Wildman–Crippen MR) is 127 cm³/mol. The molecule has 0 saturated heterocycles. The number of rotatable bonds is 4. The Labute approximate surface area is 193 Å². The van der Waals surface area contributed by atoms with Gasteiger partial charge in [0.15, 0.2) is 17.4 Å². The third-order valence-electron chi connectivity index (χ3n) is 5.53. The van der Waals surface area contributed by atoms with Gasteiger partial charge in [-0.05, 0) is 48.9 Å². The van der Waals surface area contributed by atoms with E-state index >= 15 is 0 Å². The standard InChI is InChI=1S/C26H18FN5O2/c1-16-8-7-13-32-23(16)30-25(34-22-12-6-3-9-19(22)27)18(26(32)33)14-17(15-28)24-29-20-10-4-5-11-21(20)31(24)2/h3-14H,1-2H3/b17-14+. The van der Waals surface area contributed by atoms with Crippen LogP contribution in [0.4, 0.5) is 4.39 Å². The van der Waals surface area contributed by atoms with E-state index in [4.69, 9.17) is 4.74 Å². The number of nitriles is 1. The second-order valence-electron chi connectivity index (χ2n) is 7.71. The SMILES string of the molecule is Cc1cccn2c(=O)c(/C=C(\C#N)c3nc4ccccc4n3C)c(Oc3ccccc3F)nc12. The van der Waals surface area contributed by atoms with E-state index in [9.17, 15) is 14.4 Å². The van der Waals surface area contributed by atoms with Gasteiger partial charge in [-0.2, -0.15) is 10.2 Å². The molecule has 3 aromatic heterocycles. The number of nitrogens with zero attached hydrogens (tertiary/aromatic N) is 5. The minimum atomic E-state index is -0.597. The molecule has 0 bridgehead atoms. The summed E-state index contributed by atoms with van der Waals surface area (Å²) in [7, 11) is 1.79. The van der Waals surface area contributed by atoms with E-state index in [1.165, 1.54) is 28.7 Å². The summed E-state index contributed by atoms with van der Waals surface area (Å²) >= 11 is 0. The topological polar surface area (TPSA) is 85.2 Å². The highest BCUT2D eigenvalue weighted by Gasteiger charge is 2.19. The van der Waals surface area contributed by atoms with Crippen molar-refractivity contribution in [2.24, 2.45) is 7.05 Å². The van der Waals surface area contributed by atoms with Gasteiger partial charge in [-0.25, -0.2) is 9.37 Å². The number of allylic oxidation sites excluding steroid dienone is 1. The lowest BCUT2D eigenvalue weighted by Crippen LogP contribution is -2.19. The molecule has 166 valence electrons. The van der Waals surface area contributed by atoms with Crippen LogP contribution >= 0.6 is 0 Å². The van der Waals surface area contributed by atoms with Crippen LogP contribution in [0, 0.1) is 24.1 Å². The lowest BCUT2D eigenvalue weighted by Gasteiger charge is -2.12. The fourth-order valence-electron chi connectivity index (χ4n) is 3.80. The van der Waals surface area contributed by atoms with Crippen molar-refractivity contribution in [3.05, 3.63) is 100.0 Å². The molecule has 2 aromatic carbocycles. The third kappa shape index (κ3) is 3.49. The molecule has 0 aliphatic rings. The van der Waals surface area contributed by atoms with E-state index in [0.29, 0.717) is 17.0 Å². The highest BCUT2D eigenvalue weighted by Crippen LogP contribution is 2.28. The van der Waals surface area contributed by atoms with Gasteiger partial charge in [-0.1, -0.05) is 30.3 Å². The second kappa shape index (κ2) is 8.30. The molecule has 0 N–H and O–H groups in total. The van der Waals surface area contributed by atoms with Crippen molar-refractivity contribution in [3.8, 4) is 17.7 Å². The maximum Gasteiger partial charge on any atom is 0.269 e. The molecule has 0 unspecified atom stereocenters. The Balaban J connectivity index is 1.77. The van der Waals surface area contributed by atoms with E-state index in [0.717, 1.165) is 11.1 Å². The molecule has 5 aromatic rings. The van der Waals surface area contributed by atoms with Crippen molar-refractivity contribution in [2.75, 3.05) is 0 Å². The van der Waals surface area contributed by atoms with Crippen molar-refractivity contribution in [1.82, 2.24) is 18.9 Å². The van der Waals surface area contributed by atoms with Gasteiger partial charge in [0.05, 0.1) is 16.6 Å². The zero-order valence-electron chi connectivity index (χ0n) is 18.4. The molecular formula is C26H18FN5O2. The van der Waals surface area contributed by atoms with Crippen molar-refractivity contribution >= 4 is 28.3 Å². The Hall–Kier alpha value is -4.77. The van der Waals surface area contributed by atoms with Crippen LogP contribution in [-0.4, -0.2) is 18.9 Å². The number of benzene rings is 2. The Bertz CT molecular complexity index is 1710. The number of hydrogen-bond acceptors (Lipinski definition) is 5. The number of para-hydroxylation sites is 3. The van der Waals surface area contributed by atoms with Crippen LogP contribution in [0.5, 0.6) is 11.6 Å². The number of aromatic nitrogens is 4. The van der Waals surface area contributed by atoms with Gasteiger partial charge in [0.25, 0.3) is 5.56 Å². The summed E-state index contributed by atoms with van der Waals surface area (Å²) in [6, 6.07) is 19.0. The molecule has 34 heavy (non-hydrogen) atoms. The van der Waals surface area contributed by atoms with Gasteiger partial charge >= 0.3 is 0 Å². The van der Waals surface area contributed by atoms with Crippen LogP contribution in [0.3, 0.4) is 0 Å². The zero-order valence-corrected chi connectivity index (χ0v) is 18.4. The van der Waals surface area contributed by atoms with Crippen LogP contribution in [-0.2, 0) is 7.05 Å². The number of pyridine rings is 1. The largest absolute Gasteiger partial charge is 0.435 e. The van der Waals surface area contributed by atoms with E-state index in [1.807, 2.05) is 37.3 Å². The average molecular weight is 451 g/mol. The zero-order chi connectivity index (χ0) is 23.8. The third-order valence-corrected chi connectivity index (χ3v) is 5.53. The minimum Gasteiger partial charge on any atom is -0.435 e. The Kier molecular flexibility index (Phi) is 5.15. The summed E-state index contributed by atoms with van der Waals surface area (Å²) in [4.78, 5) is 22.6. The molecular weight excluding hydrogens is 433 g/mol. The quantitative estimate of drug-likeness (QED) is 0.364. The number of imidazole rings is 1. The fraction of sp³-hybridized carbons (Fsp3) is 0.0769. The first-order chi connectivity index (χ1) is 16.5. The van der Waals surface area contributed by atoms with Gasteiger partial charge in [-0.3, -0.25) is 9.20 Å². The minimum absolute atomic E-state index is 0.00922. The molecule has 0 saturated carbocycles. The van der Waals surface area contributed by atoms with Gasteiger partial charge < -0.3 is 9.30 Å². The smallest absolute Gasteiger partial charge is 0.269 e. The van der Waals surface area contributed by atoms with E-state index in [1.54, 1.807) is 29.9 Å². The van der Waals surface area contributed by atoms with E-state index in [-0.39, 0.29) is 22.8 Å². The molecule has 0 atom stereocenters. The first-order valence-corrected chi connectivity index (χ1v) is 10.5. The first kappa shape index (κ1) is 21.1. The maximum atomic E-state index is 14.3. The summed E-state index contributed by atoms with van der Waals surface area (Å²) in [5.41, 5.74) is 2.37. The normalized spacial score (nSPS) is 11.6. The van der Waals surface area contributed by atoms with Gasteiger partial charge in [0, 0.05) is 13.2 Å². The van der Waals surface area contributed by atoms with Crippen molar-refractivity contribution in [3.63, 3.8) is 0 Å². The molecule has 7 nitrogen and oxygen atoms in total. The highest BCUT2D eigenvalue weighted by molar-refractivity contribution is 5.91. The lowest BCUT2D eigenvalue weighted by molar-refractivity contribution is 0.426. The van der Waals surface area contributed by atoms with Crippen molar-refractivity contribution in [2.45, 2.75) is 6.92 Å². The lowest BCUT2D eigenvalue weighted by atomic mass is 10.1. The molecule has 0 fully saturated rings. The number of hydrogen-bond donors (Lipinski definition) is 0. The van der Waals surface area contributed by atoms with Crippen LogP contribution in [0.15, 0.2) is 71.7 Å². The molecule has 3 heterocycles. The highest BCUT2D eigenvalue weighted by atomic mass is 19.1. The van der Waals surface area contributed by atoms with E-state index < -0.39 is 11.4 Å². The average Bonchev–Trinajstić information content (AvgIpc) is 3.17. The van der Waals surface area contributed by atoms with E-state index in [2.05, 4.69) is 16.0 Å². The van der Waals surface area contributed by atoms with Crippen LogP contribution in [0.1, 0.15) is 17.0 Å². The summed E-state index contributed by atoms with van der Waals surface area (Å²) in [5.74, 6) is -0.395. The van der Waals surface area contributed by atoms with Crippen molar-refractivity contribution in [1.29, 1.82) is 5.26 Å². The molecule has 0 spiro atoms. The Morgan fingerprint density at radius 2 is 1.85 bits per heavy atom. The predicted octanol–water partition coefficient (Wildman–Crippen LogP) is 4.89. The first-order valence-electron chi connectivity index (χ1n) is 10.5. The Morgan fingerprint density at radius 3 is 2.62 bits per heavy atom. The second-order valence-corrected chi connectivity index (χ2v) is 7.71. The van der Waals surface area contributed by atoms with Gasteiger partial charge in [0.2, 0.25) is 5.88 Å². The van der Waals surface area contributed by atoms with Crippen LogP contribution in [0.25, 0.3) is 28.3 Å². The summed E-state index contributed by atoms with van der Waals surface area (Å²) in [6.07, 6.45) is 2.98. The fourth-order valence-corrected chi connectivity index (χ4v) is 3.80.